The highest BCUT2D eigenvalue weighted by Crippen LogP contribution is 2.12. The summed E-state index contributed by atoms with van der Waals surface area (Å²) in [5, 5.41) is 5.76. The van der Waals surface area contributed by atoms with E-state index in [1.807, 2.05) is 37.3 Å². The van der Waals surface area contributed by atoms with E-state index in [9.17, 15) is 14.0 Å². The Kier molecular flexibility index (Phi) is 7.32. The van der Waals surface area contributed by atoms with E-state index in [-0.39, 0.29) is 23.7 Å². The zero-order valence-electron chi connectivity index (χ0n) is 16.6. The third-order valence-corrected chi connectivity index (χ3v) is 5.15. The van der Waals surface area contributed by atoms with Gasteiger partial charge in [-0.05, 0) is 36.8 Å². The largest absolute Gasteiger partial charge is 0.351 e. The molecule has 1 atom stereocenters. The molecule has 1 heterocycles. The van der Waals surface area contributed by atoms with Gasteiger partial charge in [0, 0.05) is 38.4 Å². The minimum absolute atomic E-state index is 0.00408. The molecule has 1 saturated heterocycles. The Labute approximate surface area is 170 Å². The molecule has 0 spiro atoms. The molecule has 2 aromatic rings. The third kappa shape index (κ3) is 6.37. The fourth-order valence-corrected chi connectivity index (χ4v) is 3.31. The van der Waals surface area contributed by atoms with Gasteiger partial charge >= 0.3 is 0 Å². The molecule has 6 nitrogen and oxygen atoms in total. The van der Waals surface area contributed by atoms with Gasteiger partial charge in [0.2, 0.25) is 11.8 Å². The van der Waals surface area contributed by atoms with Gasteiger partial charge in [-0.1, -0.05) is 30.3 Å². The molecule has 2 aromatic carbocycles. The molecule has 2 N–H and O–H groups in total. The van der Waals surface area contributed by atoms with Gasteiger partial charge in [-0.3, -0.25) is 19.4 Å². The summed E-state index contributed by atoms with van der Waals surface area (Å²) in [5.41, 5.74) is 1.66. The van der Waals surface area contributed by atoms with Crippen LogP contribution in [0.2, 0.25) is 0 Å². The maximum Gasteiger partial charge on any atom is 0.241 e. The molecule has 0 aromatic heterocycles. The highest BCUT2D eigenvalue weighted by Gasteiger charge is 2.26. The van der Waals surface area contributed by atoms with Gasteiger partial charge in [0.15, 0.2) is 0 Å². The molecule has 2 amide bonds. The normalized spacial score (nSPS) is 16.2. The SMILES string of the molecule is C[C@@H](C(=O)Nc1ccc(F)cc1)N1CCN(CC(=O)NCc2ccccc2)CC1. The van der Waals surface area contributed by atoms with Crippen LogP contribution in [0.15, 0.2) is 54.6 Å². The summed E-state index contributed by atoms with van der Waals surface area (Å²) >= 11 is 0. The number of halogens is 1. The van der Waals surface area contributed by atoms with Crippen molar-refractivity contribution in [2.45, 2.75) is 19.5 Å². The summed E-state index contributed by atoms with van der Waals surface area (Å²) < 4.78 is 13.0. The Morgan fingerprint density at radius 3 is 2.31 bits per heavy atom. The first kappa shape index (κ1) is 21.0. The molecule has 154 valence electrons. The summed E-state index contributed by atoms with van der Waals surface area (Å²) in [5.74, 6) is -0.449. The highest BCUT2D eigenvalue weighted by molar-refractivity contribution is 5.94. The van der Waals surface area contributed by atoms with Gasteiger partial charge in [0.25, 0.3) is 0 Å². The molecule has 3 rings (SSSR count). The Morgan fingerprint density at radius 1 is 1.00 bits per heavy atom. The van der Waals surface area contributed by atoms with Crippen LogP contribution >= 0.6 is 0 Å². The van der Waals surface area contributed by atoms with Crippen LogP contribution in [-0.4, -0.2) is 60.4 Å². The van der Waals surface area contributed by atoms with Crippen LogP contribution in [0.3, 0.4) is 0 Å². The first-order chi connectivity index (χ1) is 14.0. The number of anilines is 1. The average molecular weight is 398 g/mol. The van der Waals surface area contributed by atoms with Crippen LogP contribution in [0.1, 0.15) is 12.5 Å². The van der Waals surface area contributed by atoms with Crippen LogP contribution in [-0.2, 0) is 16.1 Å². The Hall–Kier alpha value is -2.77. The predicted octanol–water partition coefficient (Wildman–Crippen LogP) is 2.09. The predicted molar refractivity (Wildman–Crippen MR) is 111 cm³/mol. The molecule has 0 aliphatic carbocycles. The second-order valence-corrected chi connectivity index (χ2v) is 7.25. The molecule has 0 radical (unpaired) electrons. The average Bonchev–Trinajstić information content (AvgIpc) is 2.74. The summed E-state index contributed by atoms with van der Waals surface area (Å²) in [6.07, 6.45) is 0. The number of benzene rings is 2. The van der Waals surface area contributed by atoms with Crippen molar-refractivity contribution >= 4 is 17.5 Å². The van der Waals surface area contributed by atoms with E-state index < -0.39 is 0 Å². The lowest BCUT2D eigenvalue weighted by molar-refractivity contribution is -0.124. The molecule has 1 aliphatic heterocycles. The van der Waals surface area contributed by atoms with Crippen LogP contribution < -0.4 is 10.6 Å². The van der Waals surface area contributed by atoms with Crippen molar-refractivity contribution in [1.82, 2.24) is 15.1 Å². The number of rotatable bonds is 7. The van der Waals surface area contributed by atoms with Crippen molar-refractivity contribution in [3.05, 3.63) is 66.0 Å². The van der Waals surface area contributed by atoms with Crippen molar-refractivity contribution < 1.29 is 14.0 Å². The van der Waals surface area contributed by atoms with Gasteiger partial charge in [-0.15, -0.1) is 0 Å². The van der Waals surface area contributed by atoms with Crippen LogP contribution in [0.4, 0.5) is 10.1 Å². The Morgan fingerprint density at radius 2 is 1.66 bits per heavy atom. The molecule has 0 unspecified atom stereocenters. The van der Waals surface area contributed by atoms with Gasteiger partial charge in [-0.2, -0.15) is 0 Å². The number of nitrogens with zero attached hydrogens (tertiary/aromatic N) is 2. The molecule has 7 heteroatoms. The van der Waals surface area contributed by atoms with E-state index in [1.165, 1.54) is 12.1 Å². The van der Waals surface area contributed by atoms with E-state index in [1.54, 1.807) is 12.1 Å². The van der Waals surface area contributed by atoms with Gasteiger partial charge in [0.05, 0.1) is 12.6 Å². The Balaban J connectivity index is 1.39. The fourth-order valence-electron chi connectivity index (χ4n) is 3.31. The first-order valence-electron chi connectivity index (χ1n) is 9.85. The topological polar surface area (TPSA) is 64.7 Å². The van der Waals surface area contributed by atoms with Crippen LogP contribution in [0.5, 0.6) is 0 Å². The molecule has 0 bridgehead atoms. The minimum Gasteiger partial charge on any atom is -0.351 e. The number of piperazine rings is 1. The number of hydrogen-bond acceptors (Lipinski definition) is 4. The second kappa shape index (κ2) is 10.1. The second-order valence-electron chi connectivity index (χ2n) is 7.25. The Bertz CT molecular complexity index is 805. The molecular formula is C22H27FN4O2. The zero-order chi connectivity index (χ0) is 20.6. The minimum atomic E-state index is -0.333. The maximum absolute atomic E-state index is 13.0. The summed E-state index contributed by atoms with van der Waals surface area (Å²) in [7, 11) is 0. The fraction of sp³-hybridized carbons (Fsp3) is 0.364. The third-order valence-electron chi connectivity index (χ3n) is 5.15. The molecular weight excluding hydrogens is 371 g/mol. The van der Waals surface area contributed by atoms with E-state index in [2.05, 4.69) is 20.4 Å². The maximum atomic E-state index is 13.0. The van der Waals surface area contributed by atoms with Crippen LogP contribution in [0, 0.1) is 5.82 Å². The number of carbonyl (C=O) groups excluding carboxylic acids is 2. The van der Waals surface area contributed by atoms with Crippen molar-refractivity contribution in [1.29, 1.82) is 0 Å². The van der Waals surface area contributed by atoms with Crippen molar-refractivity contribution in [3.63, 3.8) is 0 Å². The standard InChI is InChI=1S/C22H27FN4O2/c1-17(22(29)25-20-9-7-19(23)8-10-20)27-13-11-26(12-14-27)16-21(28)24-15-18-5-3-2-4-6-18/h2-10,17H,11-16H2,1H3,(H,24,28)(H,25,29)/t17-/m0/s1. The van der Waals surface area contributed by atoms with Crippen molar-refractivity contribution in [3.8, 4) is 0 Å². The van der Waals surface area contributed by atoms with Crippen molar-refractivity contribution in [2.75, 3.05) is 38.0 Å². The lowest BCUT2D eigenvalue weighted by atomic mass is 10.2. The van der Waals surface area contributed by atoms with E-state index in [4.69, 9.17) is 0 Å². The number of hydrogen-bond donors (Lipinski definition) is 2. The van der Waals surface area contributed by atoms with Gasteiger partial charge in [0.1, 0.15) is 5.82 Å². The smallest absolute Gasteiger partial charge is 0.241 e. The van der Waals surface area contributed by atoms with E-state index in [0.717, 1.165) is 18.7 Å². The monoisotopic (exact) mass is 398 g/mol. The van der Waals surface area contributed by atoms with E-state index >= 15 is 0 Å². The number of carbonyl (C=O) groups is 2. The van der Waals surface area contributed by atoms with Gasteiger partial charge < -0.3 is 10.6 Å². The molecule has 29 heavy (non-hydrogen) atoms. The molecule has 1 aliphatic rings. The molecule has 0 saturated carbocycles. The first-order valence-corrected chi connectivity index (χ1v) is 9.85. The van der Waals surface area contributed by atoms with Crippen LogP contribution in [0.25, 0.3) is 0 Å². The summed E-state index contributed by atoms with van der Waals surface area (Å²) in [6, 6.07) is 15.3. The summed E-state index contributed by atoms with van der Waals surface area (Å²) in [4.78, 5) is 28.8. The van der Waals surface area contributed by atoms with Gasteiger partial charge in [-0.25, -0.2) is 4.39 Å². The zero-order valence-corrected chi connectivity index (χ0v) is 16.6. The summed E-state index contributed by atoms with van der Waals surface area (Å²) in [6.45, 7) is 5.63. The van der Waals surface area contributed by atoms with Crippen molar-refractivity contribution in [2.24, 2.45) is 0 Å². The lowest BCUT2D eigenvalue weighted by Gasteiger charge is -2.37. The number of nitrogens with one attached hydrogen (secondary N) is 2. The lowest BCUT2D eigenvalue weighted by Crippen LogP contribution is -2.54. The van der Waals surface area contributed by atoms with E-state index in [0.29, 0.717) is 31.9 Å². The molecule has 1 fully saturated rings. The number of amides is 2. The highest BCUT2D eigenvalue weighted by atomic mass is 19.1. The quantitative estimate of drug-likeness (QED) is 0.750.